The van der Waals surface area contributed by atoms with Crippen molar-refractivity contribution in [1.82, 2.24) is 20.6 Å². The van der Waals surface area contributed by atoms with Crippen molar-refractivity contribution < 1.29 is 37.3 Å². The molecule has 0 unspecified atom stereocenters. The van der Waals surface area contributed by atoms with Crippen LogP contribution in [0.4, 0.5) is 20.2 Å². The predicted octanol–water partition coefficient (Wildman–Crippen LogP) is 5.07. The van der Waals surface area contributed by atoms with Gasteiger partial charge in [-0.05, 0) is 50.2 Å². The number of morpholine rings is 2. The maximum atomic E-state index is 14.4. The molecule has 2 saturated heterocycles. The molecule has 264 valence electrons. The highest BCUT2D eigenvalue weighted by molar-refractivity contribution is 6.04. The van der Waals surface area contributed by atoms with Crippen molar-refractivity contribution in [3.05, 3.63) is 107 Å². The molecule has 0 saturated carbocycles. The Hall–Kier alpha value is -5.02. The molecule has 2 amide bonds. The van der Waals surface area contributed by atoms with E-state index in [0.717, 1.165) is 13.1 Å². The zero-order valence-electron chi connectivity index (χ0n) is 27.8. The number of nitrogens with zero attached hydrogens (tertiary/aromatic N) is 2. The van der Waals surface area contributed by atoms with E-state index in [2.05, 4.69) is 31.2 Å². The lowest BCUT2D eigenvalue weighted by molar-refractivity contribution is 0.0254. The summed E-state index contributed by atoms with van der Waals surface area (Å²) >= 11 is 0. The van der Waals surface area contributed by atoms with Gasteiger partial charge in [-0.25, -0.2) is 18.7 Å². The van der Waals surface area contributed by atoms with E-state index in [1.54, 1.807) is 48.5 Å². The molecule has 0 spiro atoms. The van der Waals surface area contributed by atoms with Gasteiger partial charge in [-0.3, -0.25) is 9.59 Å². The minimum Gasteiger partial charge on any atom is -0.478 e. The number of hydrogen-bond donors (Lipinski definition) is 4. The highest BCUT2D eigenvalue weighted by atomic mass is 19.1. The molecule has 2 atom stereocenters. The van der Waals surface area contributed by atoms with E-state index >= 15 is 0 Å². The average molecular weight is 691 g/mol. The molecule has 2 fully saturated rings. The zero-order chi connectivity index (χ0) is 35.3. The highest BCUT2D eigenvalue weighted by Crippen LogP contribution is 2.26. The van der Waals surface area contributed by atoms with Crippen LogP contribution in [0.3, 0.4) is 0 Å². The van der Waals surface area contributed by atoms with Crippen molar-refractivity contribution in [2.45, 2.75) is 26.1 Å². The topological polar surface area (TPSA) is 145 Å². The second-order valence-electron chi connectivity index (χ2n) is 11.1. The van der Waals surface area contributed by atoms with Gasteiger partial charge in [-0.15, -0.1) is 0 Å². The third-order valence-electron chi connectivity index (χ3n) is 7.65. The molecule has 0 radical (unpaired) electrons. The Morgan fingerprint density at radius 1 is 0.740 bits per heavy atom. The van der Waals surface area contributed by atoms with Crippen molar-refractivity contribution in [3.8, 4) is 11.8 Å². The molecule has 2 aromatic carbocycles. The summed E-state index contributed by atoms with van der Waals surface area (Å²) in [6.45, 7) is 8.43. The Bertz CT molecular complexity index is 1730. The highest BCUT2D eigenvalue weighted by Gasteiger charge is 2.21. The number of amides is 2. The smallest absolute Gasteiger partial charge is 0.257 e. The van der Waals surface area contributed by atoms with Crippen LogP contribution in [0.25, 0.3) is 0 Å². The fourth-order valence-corrected chi connectivity index (χ4v) is 5.19. The molecule has 50 heavy (non-hydrogen) atoms. The second kappa shape index (κ2) is 18.1. The number of anilines is 2. The molecular weight excluding hydrogens is 650 g/mol. The van der Waals surface area contributed by atoms with Crippen LogP contribution in [0, 0.1) is 11.6 Å². The number of rotatable bonds is 10. The predicted molar refractivity (Wildman–Crippen MR) is 183 cm³/mol. The summed E-state index contributed by atoms with van der Waals surface area (Å²) in [5, 5.41) is 11.7. The van der Waals surface area contributed by atoms with Crippen molar-refractivity contribution in [3.63, 3.8) is 0 Å². The molecule has 2 aliphatic heterocycles. The number of benzene rings is 2. The van der Waals surface area contributed by atoms with Crippen molar-refractivity contribution in [2.75, 3.05) is 63.2 Å². The minimum absolute atomic E-state index is 0.311. The summed E-state index contributed by atoms with van der Waals surface area (Å²) in [6, 6.07) is 15.6. The molecule has 4 aromatic rings. The fourth-order valence-electron chi connectivity index (χ4n) is 5.19. The number of nitrogens with one attached hydrogen (secondary N) is 4. The van der Waals surface area contributed by atoms with Crippen LogP contribution >= 0.6 is 0 Å². The molecular formula is C36H40F2N6O6. The molecule has 4 heterocycles. The van der Waals surface area contributed by atoms with Gasteiger partial charge in [0.25, 0.3) is 11.8 Å². The average Bonchev–Trinajstić information content (AvgIpc) is 3.13. The van der Waals surface area contributed by atoms with Gasteiger partial charge >= 0.3 is 0 Å². The van der Waals surface area contributed by atoms with Gasteiger partial charge in [0.1, 0.15) is 11.6 Å². The summed E-state index contributed by atoms with van der Waals surface area (Å²) < 4.78 is 50.3. The van der Waals surface area contributed by atoms with Gasteiger partial charge in [0.2, 0.25) is 11.8 Å². The van der Waals surface area contributed by atoms with E-state index in [4.69, 9.17) is 18.9 Å². The number of hydrogen-bond acceptors (Lipinski definition) is 10. The number of ether oxygens (including phenoxy) is 4. The van der Waals surface area contributed by atoms with Crippen LogP contribution in [-0.2, 0) is 9.47 Å². The molecule has 2 aromatic heterocycles. The van der Waals surface area contributed by atoms with Crippen LogP contribution in [0.2, 0.25) is 0 Å². The molecule has 2 aliphatic rings. The fraction of sp³-hybridized carbons (Fsp3) is 0.333. The maximum absolute atomic E-state index is 14.4. The van der Waals surface area contributed by atoms with E-state index < -0.39 is 11.6 Å². The standard InChI is InChI=1S/2C18H20FN3O3/c1-2-24-17-6-3-12(10-21-17)18(23)22-13-4-5-14(15(19)9-13)16-11-20-7-8-25-16;1-2-24-17-9-12(5-6-21-17)18(23)22-13-3-4-14(15(19)10-13)16-11-20-7-8-25-16/h2*3-6,9-10,16,20H,2,7-8,11H2,1H3,(H,22,23)/t2*16-/m00/s1. The first-order chi connectivity index (χ1) is 24.3. The van der Waals surface area contributed by atoms with Gasteiger partial charge in [0, 0.05) is 78.8 Å². The number of aromatic nitrogens is 2. The van der Waals surface area contributed by atoms with Crippen LogP contribution in [0.1, 0.15) is 57.9 Å². The number of carbonyl (C=O) groups excluding carboxylic acids is 2. The Morgan fingerprint density at radius 2 is 1.30 bits per heavy atom. The Morgan fingerprint density at radius 3 is 1.78 bits per heavy atom. The number of halogens is 2. The summed E-state index contributed by atoms with van der Waals surface area (Å²) in [5.74, 6) is -0.703. The van der Waals surface area contributed by atoms with Gasteiger partial charge in [-0.2, -0.15) is 0 Å². The first-order valence-electron chi connectivity index (χ1n) is 16.4. The Labute approximate surface area is 288 Å². The second-order valence-corrected chi connectivity index (χ2v) is 11.1. The maximum Gasteiger partial charge on any atom is 0.257 e. The molecule has 6 rings (SSSR count). The van der Waals surface area contributed by atoms with E-state index in [1.165, 1.54) is 24.5 Å². The normalized spacial score (nSPS) is 17.1. The monoisotopic (exact) mass is 690 g/mol. The van der Waals surface area contributed by atoms with Crippen molar-refractivity contribution in [1.29, 1.82) is 0 Å². The van der Waals surface area contributed by atoms with Gasteiger partial charge in [0.05, 0.1) is 44.2 Å². The lowest BCUT2D eigenvalue weighted by atomic mass is 10.1. The Balaban J connectivity index is 0.000000194. The van der Waals surface area contributed by atoms with E-state index in [-0.39, 0.29) is 24.0 Å². The minimum atomic E-state index is -0.406. The third kappa shape index (κ3) is 10.0. The van der Waals surface area contributed by atoms with Crippen LogP contribution in [-0.4, -0.2) is 74.4 Å². The molecule has 4 N–H and O–H groups in total. The summed E-state index contributed by atoms with van der Waals surface area (Å²) in [5.41, 5.74) is 2.48. The van der Waals surface area contributed by atoms with Gasteiger partial charge in [-0.1, -0.05) is 12.1 Å². The van der Waals surface area contributed by atoms with Crippen LogP contribution in [0.5, 0.6) is 11.8 Å². The lowest BCUT2D eigenvalue weighted by Gasteiger charge is -2.24. The van der Waals surface area contributed by atoms with E-state index in [1.807, 2.05) is 13.8 Å². The molecule has 14 heteroatoms. The lowest BCUT2D eigenvalue weighted by Crippen LogP contribution is -2.33. The molecule has 0 bridgehead atoms. The Kier molecular flexibility index (Phi) is 13.1. The molecule has 0 aliphatic carbocycles. The SMILES string of the molecule is CCOc1cc(C(=O)Nc2ccc([C@@H]3CNCCO3)c(F)c2)ccn1.CCOc1ccc(C(=O)Nc2ccc([C@@H]3CNCCO3)c(F)c2)cn1. The quantitative estimate of drug-likeness (QED) is 0.178. The van der Waals surface area contributed by atoms with Crippen molar-refractivity contribution >= 4 is 23.2 Å². The van der Waals surface area contributed by atoms with Crippen LogP contribution in [0.15, 0.2) is 73.1 Å². The number of pyridine rings is 2. The summed E-state index contributed by atoms with van der Waals surface area (Å²) in [4.78, 5) is 32.6. The van der Waals surface area contributed by atoms with E-state index in [0.29, 0.717) is 84.9 Å². The molecule has 12 nitrogen and oxygen atoms in total. The van der Waals surface area contributed by atoms with Crippen LogP contribution < -0.4 is 30.7 Å². The van der Waals surface area contributed by atoms with Gasteiger partial charge in [0.15, 0.2) is 0 Å². The summed E-state index contributed by atoms with van der Waals surface area (Å²) in [6.07, 6.45) is 2.30. The van der Waals surface area contributed by atoms with E-state index in [9.17, 15) is 18.4 Å². The number of carbonyl (C=O) groups is 2. The third-order valence-corrected chi connectivity index (χ3v) is 7.65. The van der Waals surface area contributed by atoms with Crippen molar-refractivity contribution in [2.24, 2.45) is 0 Å². The first-order valence-corrected chi connectivity index (χ1v) is 16.4. The first kappa shape index (κ1) is 36.3. The summed E-state index contributed by atoms with van der Waals surface area (Å²) in [7, 11) is 0. The van der Waals surface area contributed by atoms with Gasteiger partial charge < -0.3 is 40.2 Å². The zero-order valence-corrected chi connectivity index (χ0v) is 27.8. The largest absolute Gasteiger partial charge is 0.478 e.